The van der Waals surface area contributed by atoms with Crippen molar-refractivity contribution in [2.75, 3.05) is 33.2 Å². The highest BCUT2D eigenvalue weighted by Gasteiger charge is 2.21. The first kappa shape index (κ1) is 21.7. The Bertz CT molecular complexity index is 549. The predicted molar refractivity (Wildman–Crippen MR) is 116 cm³/mol. The van der Waals surface area contributed by atoms with Crippen molar-refractivity contribution in [2.45, 2.75) is 65.2 Å². The van der Waals surface area contributed by atoms with Crippen LogP contribution < -0.4 is 10.6 Å². The number of benzene rings is 1. The van der Waals surface area contributed by atoms with Gasteiger partial charge in [-0.1, -0.05) is 30.3 Å². The van der Waals surface area contributed by atoms with Crippen LogP contribution in [0.25, 0.3) is 0 Å². The quantitative estimate of drug-likeness (QED) is 0.543. The van der Waals surface area contributed by atoms with E-state index in [0.717, 1.165) is 25.6 Å². The van der Waals surface area contributed by atoms with Gasteiger partial charge in [-0.15, -0.1) is 0 Å². The van der Waals surface area contributed by atoms with Gasteiger partial charge in [0.25, 0.3) is 0 Å². The second kappa shape index (κ2) is 11.3. The van der Waals surface area contributed by atoms with Gasteiger partial charge in [-0.05, 0) is 53.1 Å². The topological polar surface area (TPSA) is 42.9 Å². The summed E-state index contributed by atoms with van der Waals surface area (Å²) in [7, 11) is 2.18. The standard InChI is InChI=1S/C22H39N5/c1-6-23-22(25-21-12-14-27(15-13-21)18(2)3)24-16-19(4)26(5)17-20-10-8-7-9-11-20/h7-11,18-19,21H,6,12-17H2,1-5H3,(H2,23,24,25). The summed E-state index contributed by atoms with van der Waals surface area (Å²) in [6.45, 7) is 13.9. The normalized spacial score (nSPS) is 18.1. The van der Waals surface area contributed by atoms with E-state index in [-0.39, 0.29) is 0 Å². The van der Waals surface area contributed by atoms with E-state index in [0.29, 0.717) is 18.1 Å². The van der Waals surface area contributed by atoms with Gasteiger partial charge in [-0.25, -0.2) is 0 Å². The van der Waals surface area contributed by atoms with Crippen molar-refractivity contribution in [1.82, 2.24) is 20.4 Å². The van der Waals surface area contributed by atoms with Crippen molar-refractivity contribution >= 4 is 5.96 Å². The Balaban J connectivity index is 1.83. The molecule has 1 atom stereocenters. The summed E-state index contributed by atoms with van der Waals surface area (Å²) in [5.41, 5.74) is 1.35. The van der Waals surface area contributed by atoms with Gasteiger partial charge in [0, 0.05) is 44.3 Å². The second-order valence-corrected chi connectivity index (χ2v) is 8.02. The van der Waals surface area contributed by atoms with Gasteiger partial charge in [-0.3, -0.25) is 9.89 Å². The van der Waals surface area contributed by atoms with Crippen LogP contribution in [0.15, 0.2) is 35.3 Å². The van der Waals surface area contributed by atoms with Gasteiger partial charge in [-0.2, -0.15) is 0 Å². The molecule has 1 aliphatic rings. The van der Waals surface area contributed by atoms with Crippen LogP contribution in [0.2, 0.25) is 0 Å². The second-order valence-electron chi connectivity index (χ2n) is 8.02. The monoisotopic (exact) mass is 373 g/mol. The Morgan fingerprint density at radius 3 is 2.44 bits per heavy atom. The summed E-state index contributed by atoms with van der Waals surface area (Å²) < 4.78 is 0. The number of likely N-dealkylation sites (N-methyl/N-ethyl adjacent to an activating group) is 1. The summed E-state index contributed by atoms with van der Waals surface area (Å²) in [4.78, 5) is 9.79. The molecule has 5 heteroatoms. The lowest BCUT2D eigenvalue weighted by Crippen LogP contribution is -2.50. The first-order valence-electron chi connectivity index (χ1n) is 10.5. The average molecular weight is 374 g/mol. The maximum atomic E-state index is 4.86. The molecule has 2 rings (SSSR count). The Morgan fingerprint density at radius 2 is 1.85 bits per heavy atom. The van der Waals surface area contributed by atoms with Crippen molar-refractivity contribution in [3.05, 3.63) is 35.9 Å². The largest absolute Gasteiger partial charge is 0.357 e. The van der Waals surface area contributed by atoms with E-state index < -0.39 is 0 Å². The summed E-state index contributed by atoms with van der Waals surface area (Å²) in [5.74, 6) is 0.959. The number of nitrogens with zero attached hydrogens (tertiary/aromatic N) is 3. The molecule has 0 aromatic heterocycles. The van der Waals surface area contributed by atoms with Crippen LogP contribution in [0.5, 0.6) is 0 Å². The maximum absolute atomic E-state index is 4.86. The molecule has 27 heavy (non-hydrogen) atoms. The van der Waals surface area contributed by atoms with E-state index in [2.05, 4.69) is 85.5 Å². The first-order valence-corrected chi connectivity index (χ1v) is 10.5. The summed E-state index contributed by atoms with van der Waals surface area (Å²) in [5, 5.41) is 7.07. The summed E-state index contributed by atoms with van der Waals surface area (Å²) >= 11 is 0. The number of aliphatic imine (C=N–C) groups is 1. The molecule has 0 aliphatic carbocycles. The van der Waals surface area contributed by atoms with Crippen LogP contribution in [-0.4, -0.2) is 67.1 Å². The number of piperidine rings is 1. The highest BCUT2D eigenvalue weighted by Crippen LogP contribution is 2.13. The Labute approximate surface area is 166 Å². The lowest BCUT2D eigenvalue weighted by atomic mass is 10.0. The third kappa shape index (κ3) is 7.51. The van der Waals surface area contributed by atoms with E-state index in [1.54, 1.807) is 0 Å². The lowest BCUT2D eigenvalue weighted by molar-refractivity contribution is 0.167. The molecule has 0 radical (unpaired) electrons. The molecular formula is C22H39N5. The molecule has 1 saturated heterocycles. The molecule has 1 fully saturated rings. The van der Waals surface area contributed by atoms with Crippen molar-refractivity contribution in [3.63, 3.8) is 0 Å². The van der Waals surface area contributed by atoms with Crippen LogP contribution in [-0.2, 0) is 6.54 Å². The van der Waals surface area contributed by atoms with Gasteiger partial charge in [0.2, 0.25) is 0 Å². The number of hydrogen-bond acceptors (Lipinski definition) is 3. The van der Waals surface area contributed by atoms with E-state index in [9.17, 15) is 0 Å². The Kier molecular flexibility index (Phi) is 9.08. The molecule has 2 N–H and O–H groups in total. The van der Waals surface area contributed by atoms with E-state index in [1.807, 2.05) is 0 Å². The molecule has 1 aromatic rings. The fourth-order valence-corrected chi connectivity index (χ4v) is 3.46. The van der Waals surface area contributed by atoms with Gasteiger partial charge >= 0.3 is 0 Å². The molecule has 0 bridgehead atoms. The molecule has 1 heterocycles. The molecule has 0 saturated carbocycles. The number of rotatable bonds is 8. The van der Waals surface area contributed by atoms with Gasteiger partial charge in [0.1, 0.15) is 0 Å². The fourth-order valence-electron chi connectivity index (χ4n) is 3.46. The zero-order valence-electron chi connectivity index (χ0n) is 17.9. The molecule has 0 spiro atoms. The SMILES string of the molecule is CCNC(=NCC(C)N(C)Cc1ccccc1)NC1CCN(C(C)C)CC1. The molecule has 1 unspecified atom stereocenters. The minimum absolute atomic E-state index is 0.392. The average Bonchev–Trinajstić information content (AvgIpc) is 2.67. The Morgan fingerprint density at radius 1 is 1.19 bits per heavy atom. The minimum atomic E-state index is 0.392. The summed E-state index contributed by atoms with van der Waals surface area (Å²) in [6.07, 6.45) is 2.37. The van der Waals surface area contributed by atoms with Crippen LogP contribution in [0.1, 0.15) is 46.1 Å². The highest BCUT2D eigenvalue weighted by molar-refractivity contribution is 5.80. The number of guanidine groups is 1. The highest BCUT2D eigenvalue weighted by atomic mass is 15.2. The van der Waals surface area contributed by atoms with Crippen molar-refractivity contribution in [1.29, 1.82) is 0 Å². The van der Waals surface area contributed by atoms with Gasteiger partial charge in [0.15, 0.2) is 5.96 Å². The summed E-state index contributed by atoms with van der Waals surface area (Å²) in [6, 6.07) is 12.2. The minimum Gasteiger partial charge on any atom is -0.357 e. The van der Waals surface area contributed by atoms with Crippen molar-refractivity contribution < 1.29 is 0 Å². The number of nitrogens with one attached hydrogen (secondary N) is 2. The molecular weight excluding hydrogens is 334 g/mol. The molecule has 0 amide bonds. The third-order valence-electron chi connectivity index (χ3n) is 5.49. The predicted octanol–water partition coefficient (Wildman–Crippen LogP) is 2.93. The van der Waals surface area contributed by atoms with Crippen molar-refractivity contribution in [3.8, 4) is 0 Å². The lowest BCUT2D eigenvalue weighted by Gasteiger charge is -2.35. The molecule has 1 aliphatic heterocycles. The van der Waals surface area contributed by atoms with Crippen LogP contribution in [0, 0.1) is 0 Å². The maximum Gasteiger partial charge on any atom is 0.191 e. The molecule has 152 valence electrons. The smallest absolute Gasteiger partial charge is 0.191 e. The zero-order valence-corrected chi connectivity index (χ0v) is 17.9. The Hall–Kier alpha value is -1.59. The van der Waals surface area contributed by atoms with E-state index >= 15 is 0 Å². The van der Waals surface area contributed by atoms with E-state index in [1.165, 1.54) is 31.5 Å². The molecule has 1 aromatic carbocycles. The van der Waals surface area contributed by atoms with Crippen LogP contribution in [0.3, 0.4) is 0 Å². The number of likely N-dealkylation sites (tertiary alicyclic amines) is 1. The first-order chi connectivity index (χ1) is 13.0. The number of hydrogen-bond donors (Lipinski definition) is 2. The van der Waals surface area contributed by atoms with Crippen LogP contribution in [0.4, 0.5) is 0 Å². The van der Waals surface area contributed by atoms with Gasteiger partial charge < -0.3 is 15.5 Å². The van der Waals surface area contributed by atoms with Gasteiger partial charge in [0.05, 0.1) is 6.54 Å². The fraction of sp³-hybridized carbons (Fsp3) is 0.682. The van der Waals surface area contributed by atoms with Crippen molar-refractivity contribution in [2.24, 2.45) is 4.99 Å². The zero-order chi connectivity index (χ0) is 19.6. The molecule has 5 nitrogen and oxygen atoms in total. The van der Waals surface area contributed by atoms with E-state index in [4.69, 9.17) is 4.99 Å². The third-order valence-corrected chi connectivity index (χ3v) is 5.49. The van der Waals surface area contributed by atoms with Crippen LogP contribution >= 0.6 is 0 Å².